The SMILES string of the molecule is CC1(c2nc(C(=O)O)cs2)CCCOC1. The van der Waals surface area contributed by atoms with Crippen molar-refractivity contribution in [3.05, 3.63) is 16.1 Å². The fraction of sp³-hybridized carbons (Fsp3) is 0.600. The van der Waals surface area contributed by atoms with Gasteiger partial charge in [0.1, 0.15) is 5.01 Å². The quantitative estimate of drug-likeness (QED) is 0.838. The Morgan fingerprint density at radius 2 is 2.53 bits per heavy atom. The van der Waals surface area contributed by atoms with Gasteiger partial charge in [0.2, 0.25) is 0 Å². The van der Waals surface area contributed by atoms with Crippen molar-refractivity contribution in [2.24, 2.45) is 0 Å². The molecule has 5 heteroatoms. The van der Waals surface area contributed by atoms with Crippen molar-refractivity contribution in [2.45, 2.75) is 25.2 Å². The second-order valence-electron chi connectivity index (χ2n) is 4.06. The van der Waals surface area contributed by atoms with Gasteiger partial charge in [0.15, 0.2) is 5.69 Å². The number of aromatic carboxylic acids is 1. The van der Waals surface area contributed by atoms with Crippen LogP contribution < -0.4 is 0 Å². The van der Waals surface area contributed by atoms with E-state index in [1.807, 2.05) is 0 Å². The number of ether oxygens (including phenoxy) is 1. The number of hydrogen-bond acceptors (Lipinski definition) is 4. The number of carbonyl (C=O) groups is 1. The van der Waals surface area contributed by atoms with Gasteiger partial charge in [-0.3, -0.25) is 0 Å². The van der Waals surface area contributed by atoms with Gasteiger partial charge < -0.3 is 9.84 Å². The summed E-state index contributed by atoms with van der Waals surface area (Å²) in [6, 6.07) is 0. The third-order valence-electron chi connectivity index (χ3n) is 2.68. The molecule has 1 N–H and O–H groups in total. The first kappa shape index (κ1) is 10.6. The van der Waals surface area contributed by atoms with Crippen LogP contribution in [0.15, 0.2) is 5.38 Å². The molecule has 1 aromatic rings. The van der Waals surface area contributed by atoms with E-state index in [9.17, 15) is 4.79 Å². The van der Waals surface area contributed by atoms with E-state index in [1.165, 1.54) is 11.3 Å². The number of rotatable bonds is 2. The van der Waals surface area contributed by atoms with Gasteiger partial charge in [-0.1, -0.05) is 6.92 Å². The topological polar surface area (TPSA) is 59.4 Å². The lowest BCUT2D eigenvalue weighted by Gasteiger charge is -2.31. The van der Waals surface area contributed by atoms with Gasteiger partial charge in [0.05, 0.1) is 6.61 Å². The smallest absolute Gasteiger partial charge is 0.355 e. The van der Waals surface area contributed by atoms with Crippen LogP contribution in [0, 0.1) is 0 Å². The van der Waals surface area contributed by atoms with Crippen LogP contribution >= 0.6 is 11.3 Å². The van der Waals surface area contributed by atoms with Gasteiger partial charge in [-0.15, -0.1) is 11.3 Å². The Hall–Kier alpha value is -0.940. The fourth-order valence-corrected chi connectivity index (χ4v) is 2.73. The molecule has 4 nitrogen and oxygen atoms in total. The standard InChI is InChI=1S/C10H13NO3S/c1-10(3-2-4-14-6-10)9-11-7(5-15-9)8(12)13/h5H,2-4,6H2,1H3,(H,12,13). The predicted octanol–water partition coefficient (Wildman–Crippen LogP) is 1.91. The lowest BCUT2D eigenvalue weighted by Crippen LogP contribution is -2.32. The van der Waals surface area contributed by atoms with Crippen molar-refractivity contribution < 1.29 is 14.6 Å². The highest BCUT2D eigenvalue weighted by Crippen LogP contribution is 2.34. The highest BCUT2D eigenvalue weighted by molar-refractivity contribution is 7.10. The van der Waals surface area contributed by atoms with Gasteiger partial charge >= 0.3 is 5.97 Å². The molecule has 1 fully saturated rings. The summed E-state index contributed by atoms with van der Waals surface area (Å²) in [5.74, 6) is -0.960. The second kappa shape index (κ2) is 3.90. The van der Waals surface area contributed by atoms with Crippen LogP contribution in [0.1, 0.15) is 35.3 Å². The van der Waals surface area contributed by atoms with Gasteiger partial charge in [-0.05, 0) is 12.8 Å². The largest absolute Gasteiger partial charge is 0.476 e. The third-order valence-corrected chi connectivity index (χ3v) is 3.83. The van der Waals surface area contributed by atoms with Gasteiger partial charge in [0.25, 0.3) is 0 Å². The summed E-state index contributed by atoms with van der Waals surface area (Å²) in [7, 11) is 0. The van der Waals surface area contributed by atoms with E-state index in [4.69, 9.17) is 9.84 Å². The monoisotopic (exact) mass is 227 g/mol. The molecule has 1 unspecified atom stereocenters. The van der Waals surface area contributed by atoms with Crippen LogP contribution in [0.5, 0.6) is 0 Å². The molecule has 1 saturated heterocycles. The van der Waals surface area contributed by atoms with Crippen molar-refractivity contribution >= 4 is 17.3 Å². The van der Waals surface area contributed by atoms with E-state index >= 15 is 0 Å². The molecule has 15 heavy (non-hydrogen) atoms. The molecule has 1 aliphatic heterocycles. The van der Waals surface area contributed by atoms with Crippen LogP contribution in [0.25, 0.3) is 0 Å². The molecular formula is C10H13NO3S. The molecule has 0 bridgehead atoms. The van der Waals surface area contributed by atoms with Crippen molar-refractivity contribution in [3.8, 4) is 0 Å². The van der Waals surface area contributed by atoms with Crippen molar-refractivity contribution in [3.63, 3.8) is 0 Å². The van der Waals surface area contributed by atoms with E-state index < -0.39 is 5.97 Å². The van der Waals surface area contributed by atoms with Crippen LogP contribution in [-0.2, 0) is 10.2 Å². The molecule has 82 valence electrons. The summed E-state index contributed by atoms with van der Waals surface area (Å²) >= 11 is 1.41. The zero-order valence-electron chi connectivity index (χ0n) is 8.52. The van der Waals surface area contributed by atoms with E-state index in [0.29, 0.717) is 6.61 Å². The molecule has 0 aromatic carbocycles. The van der Waals surface area contributed by atoms with E-state index in [1.54, 1.807) is 5.38 Å². The zero-order valence-corrected chi connectivity index (χ0v) is 9.34. The summed E-state index contributed by atoms with van der Waals surface area (Å²) in [6.07, 6.45) is 2.03. The van der Waals surface area contributed by atoms with E-state index in [0.717, 1.165) is 24.5 Å². The first-order valence-electron chi connectivity index (χ1n) is 4.89. The van der Waals surface area contributed by atoms with E-state index in [-0.39, 0.29) is 11.1 Å². The Labute approximate surface area is 91.9 Å². The molecule has 2 rings (SSSR count). The maximum atomic E-state index is 10.7. The number of aromatic nitrogens is 1. The Morgan fingerprint density at radius 1 is 1.73 bits per heavy atom. The second-order valence-corrected chi connectivity index (χ2v) is 4.92. The minimum Gasteiger partial charge on any atom is -0.476 e. The molecule has 0 saturated carbocycles. The molecule has 1 aromatic heterocycles. The van der Waals surface area contributed by atoms with Gasteiger partial charge in [0, 0.05) is 17.4 Å². The van der Waals surface area contributed by atoms with Crippen molar-refractivity contribution in [2.75, 3.05) is 13.2 Å². The maximum absolute atomic E-state index is 10.7. The number of carboxylic acids is 1. The highest BCUT2D eigenvalue weighted by atomic mass is 32.1. The summed E-state index contributed by atoms with van der Waals surface area (Å²) < 4.78 is 5.43. The lowest BCUT2D eigenvalue weighted by atomic mass is 9.85. The van der Waals surface area contributed by atoms with E-state index in [2.05, 4.69) is 11.9 Å². The number of hydrogen-bond donors (Lipinski definition) is 1. The first-order chi connectivity index (χ1) is 7.12. The van der Waals surface area contributed by atoms with Crippen LogP contribution in [0.4, 0.5) is 0 Å². The van der Waals surface area contributed by atoms with Gasteiger partial charge in [-0.2, -0.15) is 0 Å². The zero-order chi connectivity index (χ0) is 10.9. The molecule has 2 heterocycles. The van der Waals surface area contributed by atoms with Crippen molar-refractivity contribution in [1.82, 2.24) is 4.98 Å². The minimum absolute atomic E-state index is 0.101. The first-order valence-corrected chi connectivity index (χ1v) is 5.77. The maximum Gasteiger partial charge on any atom is 0.355 e. The van der Waals surface area contributed by atoms with Crippen LogP contribution in [0.2, 0.25) is 0 Å². The fourth-order valence-electron chi connectivity index (χ4n) is 1.75. The van der Waals surface area contributed by atoms with Crippen molar-refractivity contribution in [1.29, 1.82) is 0 Å². The average molecular weight is 227 g/mol. The molecular weight excluding hydrogens is 214 g/mol. The summed E-state index contributed by atoms with van der Waals surface area (Å²) in [5.41, 5.74) is 0.0400. The average Bonchev–Trinajstić information content (AvgIpc) is 2.68. The predicted molar refractivity (Wildman–Crippen MR) is 56.5 cm³/mol. The number of thiazole rings is 1. The molecule has 0 aliphatic carbocycles. The molecule has 0 spiro atoms. The Morgan fingerprint density at radius 3 is 3.07 bits per heavy atom. The summed E-state index contributed by atoms with van der Waals surface area (Å²) in [4.78, 5) is 14.9. The Bertz CT molecular complexity index is 368. The number of nitrogens with zero attached hydrogens (tertiary/aromatic N) is 1. The Balaban J connectivity index is 2.23. The minimum atomic E-state index is -0.960. The molecule has 1 aliphatic rings. The Kier molecular flexibility index (Phi) is 2.75. The molecule has 0 radical (unpaired) electrons. The third kappa shape index (κ3) is 2.03. The van der Waals surface area contributed by atoms with Crippen LogP contribution in [-0.4, -0.2) is 29.3 Å². The summed E-state index contributed by atoms with van der Waals surface area (Å²) in [5, 5.41) is 11.3. The summed E-state index contributed by atoms with van der Waals surface area (Å²) in [6.45, 7) is 3.52. The highest BCUT2D eigenvalue weighted by Gasteiger charge is 2.33. The molecule has 1 atom stereocenters. The molecule has 0 amide bonds. The van der Waals surface area contributed by atoms with Crippen LogP contribution in [0.3, 0.4) is 0 Å². The van der Waals surface area contributed by atoms with Gasteiger partial charge in [-0.25, -0.2) is 9.78 Å². The normalized spacial score (nSPS) is 26.5. The number of carboxylic acid groups (broad SMARTS) is 1. The lowest BCUT2D eigenvalue weighted by molar-refractivity contribution is 0.0416.